The van der Waals surface area contributed by atoms with Gasteiger partial charge in [0.25, 0.3) is 0 Å². The molecule has 2 bridgehead atoms. The summed E-state index contributed by atoms with van der Waals surface area (Å²) >= 11 is 0. The van der Waals surface area contributed by atoms with E-state index in [1.807, 2.05) is 25.1 Å². The summed E-state index contributed by atoms with van der Waals surface area (Å²) in [5.74, 6) is 2.95. The number of hydrogen-bond acceptors (Lipinski definition) is 6. The van der Waals surface area contributed by atoms with Crippen LogP contribution in [0.5, 0.6) is 11.5 Å². The Bertz CT molecular complexity index is 742. The lowest BCUT2D eigenvalue weighted by molar-refractivity contribution is 0.143. The number of methoxy groups -OCH3 is 2. The van der Waals surface area contributed by atoms with Crippen LogP contribution in [0.15, 0.2) is 22.6 Å². The third-order valence-corrected chi connectivity index (χ3v) is 5.39. The van der Waals surface area contributed by atoms with Crippen molar-refractivity contribution in [3.05, 3.63) is 29.7 Å². The van der Waals surface area contributed by atoms with Crippen LogP contribution in [-0.2, 0) is 6.54 Å². The van der Waals surface area contributed by atoms with Gasteiger partial charge in [-0.05, 0) is 38.0 Å². The number of oxazole rings is 1. The third-order valence-electron chi connectivity index (χ3n) is 5.39. The van der Waals surface area contributed by atoms with Crippen molar-refractivity contribution < 1.29 is 13.9 Å². The SMILES string of the molecule is COc1ccc(OC)c(-c2nc(CN3[C@@H]4CC[C@H]3CNC4)c(C)o2)c1. The van der Waals surface area contributed by atoms with Crippen LogP contribution in [0.1, 0.15) is 24.3 Å². The molecule has 1 aromatic carbocycles. The number of nitrogens with zero attached hydrogens (tertiary/aromatic N) is 2. The van der Waals surface area contributed by atoms with Crippen molar-refractivity contribution in [1.82, 2.24) is 15.2 Å². The van der Waals surface area contributed by atoms with Gasteiger partial charge in [-0.15, -0.1) is 0 Å². The van der Waals surface area contributed by atoms with Crippen LogP contribution in [-0.4, -0.2) is 49.3 Å². The van der Waals surface area contributed by atoms with E-state index in [9.17, 15) is 0 Å². The van der Waals surface area contributed by atoms with Crippen LogP contribution in [0.4, 0.5) is 0 Å². The third kappa shape index (κ3) is 3.00. The van der Waals surface area contributed by atoms with Gasteiger partial charge in [0.15, 0.2) is 0 Å². The predicted molar refractivity (Wildman–Crippen MR) is 95.0 cm³/mol. The number of fused-ring (bicyclic) bond motifs is 2. The van der Waals surface area contributed by atoms with Crippen molar-refractivity contribution in [3.63, 3.8) is 0 Å². The lowest BCUT2D eigenvalue weighted by Crippen LogP contribution is -2.51. The number of ether oxygens (including phenoxy) is 2. The number of benzene rings is 1. The summed E-state index contributed by atoms with van der Waals surface area (Å²) < 4.78 is 16.8. The lowest BCUT2D eigenvalue weighted by atomic mass is 10.2. The second kappa shape index (κ2) is 6.69. The molecule has 25 heavy (non-hydrogen) atoms. The van der Waals surface area contributed by atoms with Gasteiger partial charge in [0.1, 0.15) is 17.3 Å². The Morgan fingerprint density at radius 3 is 2.64 bits per heavy atom. The van der Waals surface area contributed by atoms with E-state index in [-0.39, 0.29) is 0 Å². The van der Waals surface area contributed by atoms with Gasteiger partial charge in [-0.2, -0.15) is 0 Å². The fraction of sp³-hybridized carbons (Fsp3) is 0.526. The quantitative estimate of drug-likeness (QED) is 0.900. The Morgan fingerprint density at radius 1 is 1.20 bits per heavy atom. The van der Waals surface area contributed by atoms with Gasteiger partial charge >= 0.3 is 0 Å². The fourth-order valence-electron chi connectivity index (χ4n) is 3.97. The van der Waals surface area contributed by atoms with E-state index in [2.05, 4.69) is 10.2 Å². The Morgan fingerprint density at radius 2 is 1.96 bits per heavy atom. The van der Waals surface area contributed by atoms with Gasteiger partial charge in [-0.1, -0.05) is 0 Å². The highest BCUT2D eigenvalue weighted by atomic mass is 16.5. The zero-order valence-electron chi connectivity index (χ0n) is 15.0. The van der Waals surface area contributed by atoms with E-state index >= 15 is 0 Å². The highest BCUT2D eigenvalue weighted by molar-refractivity contribution is 5.65. The monoisotopic (exact) mass is 343 g/mol. The number of rotatable bonds is 5. The minimum absolute atomic E-state index is 0.589. The van der Waals surface area contributed by atoms with Gasteiger partial charge in [0.2, 0.25) is 5.89 Å². The van der Waals surface area contributed by atoms with Crippen LogP contribution in [0.3, 0.4) is 0 Å². The van der Waals surface area contributed by atoms with E-state index in [1.54, 1.807) is 14.2 Å². The number of aryl methyl sites for hydroxylation is 1. The topological polar surface area (TPSA) is 59.8 Å². The summed E-state index contributed by atoms with van der Waals surface area (Å²) in [6.07, 6.45) is 2.54. The summed E-state index contributed by atoms with van der Waals surface area (Å²) in [6.45, 7) is 4.98. The number of aromatic nitrogens is 1. The van der Waals surface area contributed by atoms with Crippen LogP contribution in [0.2, 0.25) is 0 Å². The summed E-state index contributed by atoms with van der Waals surface area (Å²) in [5.41, 5.74) is 1.83. The van der Waals surface area contributed by atoms with Crippen molar-refractivity contribution in [2.24, 2.45) is 0 Å². The van der Waals surface area contributed by atoms with Crippen molar-refractivity contribution in [2.75, 3.05) is 27.3 Å². The van der Waals surface area contributed by atoms with Gasteiger partial charge in [0, 0.05) is 31.7 Å². The summed E-state index contributed by atoms with van der Waals surface area (Å²) in [4.78, 5) is 7.37. The van der Waals surface area contributed by atoms with E-state index in [0.717, 1.165) is 48.2 Å². The second-order valence-corrected chi connectivity index (χ2v) is 6.80. The molecule has 6 nitrogen and oxygen atoms in total. The molecule has 3 heterocycles. The molecule has 0 radical (unpaired) electrons. The molecule has 0 spiro atoms. The van der Waals surface area contributed by atoms with Crippen molar-refractivity contribution in [1.29, 1.82) is 0 Å². The Kier molecular flexibility index (Phi) is 4.39. The van der Waals surface area contributed by atoms with E-state index in [1.165, 1.54) is 12.8 Å². The molecule has 2 atom stereocenters. The van der Waals surface area contributed by atoms with Crippen molar-refractivity contribution in [2.45, 2.75) is 38.4 Å². The summed E-state index contributed by atoms with van der Waals surface area (Å²) in [6, 6.07) is 6.89. The maximum absolute atomic E-state index is 5.99. The molecule has 0 saturated carbocycles. The number of hydrogen-bond donors (Lipinski definition) is 1. The highest BCUT2D eigenvalue weighted by Crippen LogP contribution is 2.35. The van der Waals surface area contributed by atoms with Crippen LogP contribution >= 0.6 is 0 Å². The smallest absolute Gasteiger partial charge is 0.230 e. The van der Waals surface area contributed by atoms with Gasteiger partial charge < -0.3 is 19.2 Å². The van der Waals surface area contributed by atoms with Gasteiger partial charge in [-0.3, -0.25) is 4.90 Å². The first-order valence-electron chi connectivity index (χ1n) is 8.84. The minimum Gasteiger partial charge on any atom is -0.497 e. The first-order valence-corrected chi connectivity index (χ1v) is 8.84. The first-order chi connectivity index (χ1) is 12.2. The molecule has 134 valence electrons. The van der Waals surface area contributed by atoms with E-state index < -0.39 is 0 Å². The van der Waals surface area contributed by atoms with Crippen LogP contribution in [0.25, 0.3) is 11.5 Å². The second-order valence-electron chi connectivity index (χ2n) is 6.80. The molecule has 2 fully saturated rings. The lowest BCUT2D eigenvalue weighted by Gasteiger charge is -2.34. The molecule has 2 aliphatic rings. The first kappa shape index (κ1) is 16.4. The molecule has 0 aliphatic carbocycles. The summed E-state index contributed by atoms with van der Waals surface area (Å²) in [5, 5.41) is 3.52. The zero-order valence-corrected chi connectivity index (χ0v) is 15.0. The molecular formula is C19H25N3O3. The number of nitrogens with one attached hydrogen (secondary N) is 1. The van der Waals surface area contributed by atoms with E-state index in [0.29, 0.717) is 18.0 Å². The van der Waals surface area contributed by atoms with E-state index in [4.69, 9.17) is 18.9 Å². The average Bonchev–Trinajstić information content (AvgIpc) is 3.09. The average molecular weight is 343 g/mol. The Hall–Kier alpha value is -2.05. The molecular weight excluding hydrogens is 318 g/mol. The predicted octanol–water partition coefficient (Wildman–Crippen LogP) is 2.60. The standard InChI is InChI=1S/C19H25N3O3/c1-12-17(11-22-13-4-5-14(22)10-20-9-13)21-19(25-12)16-8-15(23-2)6-7-18(16)24-3/h6-8,13-14,20H,4-5,9-11H2,1-3H3/t13-,14+. The van der Waals surface area contributed by atoms with Crippen molar-refractivity contribution in [3.8, 4) is 23.0 Å². The molecule has 6 heteroatoms. The molecule has 0 unspecified atom stereocenters. The number of piperazine rings is 1. The zero-order chi connectivity index (χ0) is 17.4. The molecule has 1 aromatic heterocycles. The molecule has 2 saturated heterocycles. The summed E-state index contributed by atoms with van der Waals surface area (Å²) in [7, 11) is 3.30. The molecule has 2 aliphatic heterocycles. The highest BCUT2D eigenvalue weighted by Gasteiger charge is 2.37. The Balaban J connectivity index is 1.62. The largest absolute Gasteiger partial charge is 0.497 e. The van der Waals surface area contributed by atoms with Gasteiger partial charge in [0.05, 0.1) is 25.5 Å². The molecule has 4 rings (SSSR count). The molecule has 1 N–H and O–H groups in total. The Labute approximate surface area is 148 Å². The molecule has 0 amide bonds. The minimum atomic E-state index is 0.589. The normalized spacial score (nSPS) is 23.0. The maximum atomic E-state index is 5.99. The van der Waals surface area contributed by atoms with Crippen LogP contribution in [0, 0.1) is 6.92 Å². The van der Waals surface area contributed by atoms with Crippen LogP contribution < -0.4 is 14.8 Å². The van der Waals surface area contributed by atoms with Gasteiger partial charge in [-0.25, -0.2) is 4.98 Å². The maximum Gasteiger partial charge on any atom is 0.230 e. The fourth-order valence-corrected chi connectivity index (χ4v) is 3.97. The van der Waals surface area contributed by atoms with Crippen molar-refractivity contribution >= 4 is 0 Å². The molecule has 2 aromatic rings.